The molecule has 3 rings (SSSR count). The Hall–Kier alpha value is -3.38. The highest BCUT2D eigenvalue weighted by Gasteiger charge is 2.10. The van der Waals surface area contributed by atoms with E-state index in [2.05, 4.69) is 10.6 Å². The topological polar surface area (TPSA) is 59.6 Å². The van der Waals surface area contributed by atoms with Gasteiger partial charge in [0.25, 0.3) is 5.91 Å². The lowest BCUT2D eigenvalue weighted by molar-refractivity contribution is 0.0977. The maximum atomic E-state index is 12.4. The fraction of sp³-hybridized carbons (Fsp3) is 0.130. The molecule has 3 aromatic rings. The van der Waals surface area contributed by atoms with Gasteiger partial charge in [0.2, 0.25) is 0 Å². The Morgan fingerprint density at radius 1 is 0.897 bits per heavy atom. The summed E-state index contributed by atoms with van der Waals surface area (Å²) in [4.78, 5) is 12.4. The van der Waals surface area contributed by atoms with Crippen molar-refractivity contribution in [2.24, 2.45) is 0 Å². The fourth-order valence-electron chi connectivity index (χ4n) is 2.63. The third-order valence-corrected chi connectivity index (χ3v) is 4.23. The van der Waals surface area contributed by atoms with E-state index in [-0.39, 0.29) is 11.0 Å². The molecule has 0 radical (unpaired) electrons. The minimum absolute atomic E-state index is 0.194. The Balaban J connectivity index is 1.59. The molecule has 0 spiro atoms. The summed E-state index contributed by atoms with van der Waals surface area (Å²) in [6.45, 7) is 2.92. The van der Waals surface area contributed by atoms with Crippen molar-refractivity contribution in [3.8, 4) is 11.5 Å². The number of amides is 1. The van der Waals surface area contributed by atoms with E-state index in [9.17, 15) is 4.79 Å². The molecule has 0 aliphatic rings. The number of ether oxygens (including phenoxy) is 2. The number of nitrogens with one attached hydrogen (secondary N) is 2. The van der Waals surface area contributed by atoms with Gasteiger partial charge < -0.3 is 14.8 Å². The van der Waals surface area contributed by atoms with Crippen LogP contribution in [0, 0.1) is 0 Å². The second kappa shape index (κ2) is 10.2. The standard InChI is InChI=1S/C23H22N2O3S/c1-2-27-19-14-12-18(13-15-19)22(26)25-23(29)24-20-10-6-7-11-21(20)28-16-17-8-4-3-5-9-17/h3-15H,2,16H2,1H3,(H2,24,25,26,29). The molecule has 6 heteroatoms. The fourth-order valence-corrected chi connectivity index (χ4v) is 2.83. The van der Waals surface area contributed by atoms with E-state index in [1.165, 1.54) is 0 Å². The number of hydrogen-bond acceptors (Lipinski definition) is 4. The van der Waals surface area contributed by atoms with Gasteiger partial charge in [0.15, 0.2) is 5.11 Å². The van der Waals surface area contributed by atoms with Crippen molar-refractivity contribution in [3.63, 3.8) is 0 Å². The lowest BCUT2D eigenvalue weighted by Crippen LogP contribution is -2.34. The Morgan fingerprint density at radius 2 is 1.59 bits per heavy atom. The summed E-state index contributed by atoms with van der Waals surface area (Å²) in [5.74, 6) is 1.07. The van der Waals surface area contributed by atoms with Gasteiger partial charge in [-0.15, -0.1) is 0 Å². The largest absolute Gasteiger partial charge is 0.494 e. The summed E-state index contributed by atoms with van der Waals surface area (Å²) in [7, 11) is 0. The Labute approximate surface area is 175 Å². The zero-order valence-electron chi connectivity index (χ0n) is 16.1. The van der Waals surface area contributed by atoms with E-state index in [0.29, 0.717) is 36.0 Å². The van der Waals surface area contributed by atoms with Crippen LogP contribution >= 0.6 is 12.2 Å². The molecular weight excluding hydrogens is 384 g/mol. The average Bonchev–Trinajstić information content (AvgIpc) is 2.74. The molecule has 2 N–H and O–H groups in total. The van der Waals surface area contributed by atoms with Gasteiger partial charge in [0, 0.05) is 5.56 Å². The average molecular weight is 407 g/mol. The van der Waals surface area contributed by atoms with Gasteiger partial charge in [-0.05, 0) is 61.1 Å². The Bertz CT molecular complexity index is 959. The summed E-state index contributed by atoms with van der Waals surface area (Å²) in [6, 6.07) is 24.2. The van der Waals surface area contributed by atoms with Gasteiger partial charge in [0.05, 0.1) is 12.3 Å². The van der Waals surface area contributed by atoms with E-state index in [0.717, 1.165) is 5.56 Å². The lowest BCUT2D eigenvalue weighted by atomic mass is 10.2. The van der Waals surface area contributed by atoms with Gasteiger partial charge in [-0.25, -0.2) is 0 Å². The van der Waals surface area contributed by atoms with Crippen LogP contribution in [0.15, 0.2) is 78.9 Å². The maximum Gasteiger partial charge on any atom is 0.257 e. The summed E-state index contributed by atoms with van der Waals surface area (Å²) >= 11 is 5.29. The molecule has 0 saturated carbocycles. The van der Waals surface area contributed by atoms with Gasteiger partial charge in [-0.2, -0.15) is 0 Å². The van der Waals surface area contributed by atoms with Crippen LogP contribution in [0.2, 0.25) is 0 Å². The molecule has 0 atom stereocenters. The lowest BCUT2D eigenvalue weighted by Gasteiger charge is -2.14. The van der Waals surface area contributed by atoms with Crippen molar-refractivity contribution < 1.29 is 14.3 Å². The SMILES string of the molecule is CCOc1ccc(C(=O)NC(=S)Nc2ccccc2OCc2ccccc2)cc1. The number of benzene rings is 3. The predicted octanol–water partition coefficient (Wildman–Crippen LogP) is 4.79. The first-order valence-electron chi connectivity index (χ1n) is 9.26. The number of anilines is 1. The molecule has 0 aliphatic carbocycles. The Morgan fingerprint density at radius 3 is 2.31 bits per heavy atom. The summed E-state index contributed by atoms with van der Waals surface area (Å²) < 4.78 is 11.3. The minimum atomic E-state index is -0.298. The second-order valence-electron chi connectivity index (χ2n) is 6.14. The minimum Gasteiger partial charge on any atom is -0.494 e. The zero-order chi connectivity index (χ0) is 20.5. The summed E-state index contributed by atoms with van der Waals surface area (Å²) in [5, 5.41) is 5.91. The normalized spacial score (nSPS) is 10.1. The van der Waals surface area contributed by atoms with Crippen LogP contribution in [0.5, 0.6) is 11.5 Å². The molecule has 3 aromatic carbocycles. The molecule has 29 heavy (non-hydrogen) atoms. The van der Waals surface area contributed by atoms with Crippen LogP contribution in [0.3, 0.4) is 0 Å². The van der Waals surface area contributed by atoms with Crippen molar-refractivity contribution in [3.05, 3.63) is 90.0 Å². The van der Waals surface area contributed by atoms with E-state index >= 15 is 0 Å². The predicted molar refractivity (Wildman–Crippen MR) is 119 cm³/mol. The number of thiocarbonyl (C=S) groups is 1. The van der Waals surface area contributed by atoms with Crippen molar-refractivity contribution in [1.29, 1.82) is 0 Å². The number of para-hydroxylation sites is 2. The van der Waals surface area contributed by atoms with E-state index in [1.54, 1.807) is 24.3 Å². The third-order valence-electron chi connectivity index (χ3n) is 4.03. The molecule has 0 saturated heterocycles. The molecular formula is C23H22N2O3S. The first-order chi connectivity index (χ1) is 14.2. The highest BCUT2D eigenvalue weighted by Crippen LogP contribution is 2.24. The monoisotopic (exact) mass is 406 g/mol. The second-order valence-corrected chi connectivity index (χ2v) is 6.54. The molecule has 0 heterocycles. The smallest absolute Gasteiger partial charge is 0.257 e. The zero-order valence-corrected chi connectivity index (χ0v) is 16.9. The van der Waals surface area contributed by atoms with Gasteiger partial charge >= 0.3 is 0 Å². The van der Waals surface area contributed by atoms with E-state index in [4.69, 9.17) is 21.7 Å². The first kappa shape index (κ1) is 20.4. The van der Waals surface area contributed by atoms with E-state index < -0.39 is 0 Å². The van der Waals surface area contributed by atoms with Gasteiger partial charge in [0.1, 0.15) is 18.1 Å². The van der Waals surface area contributed by atoms with Crippen LogP contribution in [-0.4, -0.2) is 17.6 Å². The van der Waals surface area contributed by atoms with Crippen LogP contribution in [0.1, 0.15) is 22.8 Å². The molecule has 148 valence electrons. The molecule has 1 amide bonds. The molecule has 0 unspecified atom stereocenters. The van der Waals surface area contributed by atoms with Crippen LogP contribution < -0.4 is 20.1 Å². The summed E-state index contributed by atoms with van der Waals surface area (Å²) in [6.07, 6.45) is 0. The molecule has 5 nitrogen and oxygen atoms in total. The quantitative estimate of drug-likeness (QED) is 0.553. The molecule has 0 fully saturated rings. The van der Waals surface area contributed by atoms with Gasteiger partial charge in [-0.1, -0.05) is 42.5 Å². The van der Waals surface area contributed by atoms with Crippen LogP contribution in [-0.2, 0) is 6.61 Å². The Kier molecular flexibility index (Phi) is 7.19. The summed E-state index contributed by atoms with van der Waals surface area (Å²) in [5.41, 5.74) is 2.24. The number of hydrogen-bond donors (Lipinski definition) is 2. The highest BCUT2D eigenvalue weighted by atomic mass is 32.1. The number of rotatable bonds is 7. The highest BCUT2D eigenvalue weighted by molar-refractivity contribution is 7.80. The number of carbonyl (C=O) groups is 1. The van der Waals surface area contributed by atoms with Crippen molar-refractivity contribution in [1.82, 2.24) is 5.32 Å². The van der Waals surface area contributed by atoms with Crippen molar-refractivity contribution >= 4 is 28.9 Å². The molecule has 0 aromatic heterocycles. The molecule has 0 bridgehead atoms. The van der Waals surface area contributed by atoms with Crippen LogP contribution in [0.4, 0.5) is 5.69 Å². The first-order valence-corrected chi connectivity index (χ1v) is 9.67. The maximum absolute atomic E-state index is 12.4. The number of carbonyl (C=O) groups excluding carboxylic acids is 1. The van der Waals surface area contributed by atoms with E-state index in [1.807, 2.05) is 61.5 Å². The van der Waals surface area contributed by atoms with Crippen molar-refractivity contribution in [2.45, 2.75) is 13.5 Å². The molecule has 0 aliphatic heterocycles. The van der Waals surface area contributed by atoms with Crippen LogP contribution in [0.25, 0.3) is 0 Å². The van der Waals surface area contributed by atoms with Crippen molar-refractivity contribution in [2.75, 3.05) is 11.9 Å². The third kappa shape index (κ3) is 6.05. The van der Waals surface area contributed by atoms with Gasteiger partial charge in [-0.3, -0.25) is 10.1 Å².